The van der Waals surface area contributed by atoms with Crippen LogP contribution >= 0.6 is 0 Å². The van der Waals surface area contributed by atoms with E-state index in [9.17, 15) is 4.79 Å². The third-order valence-electron chi connectivity index (χ3n) is 1.37. The molecule has 72 valence electrons. The number of nitrogens with one attached hydrogen (secondary N) is 1. The number of rotatable bonds is 3. The molecule has 0 unspecified atom stereocenters. The molecule has 5 heteroatoms. The first-order chi connectivity index (χ1) is 6.09. The number of carbonyl (C=O) groups is 1. The Morgan fingerprint density at radius 1 is 1.77 bits per heavy atom. The third kappa shape index (κ3) is 2.77. The molecule has 0 aliphatic carbocycles. The van der Waals surface area contributed by atoms with Crippen LogP contribution in [0.1, 0.15) is 24.3 Å². The Hall–Kier alpha value is -1.52. The van der Waals surface area contributed by atoms with Crippen molar-refractivity contribution in [2.24, 2.45) is 5.92 Å². The quantitative estimate of drug-likeness (QED) is 0.679. The third-order valence-corrected chi connectivity index (χ3v) is 1.37. The predicted octanol–water partition coefficient (Wildman–Crippen LogP) is 0.805. The molecule has 1 aromatic heterocycles. The summed E-state index contributed by atoms with van der Waals surface area (Å²) in [7, 11) is 0. The molecule has 0 aromatic carbocycles. The van der Waals surface area contributed by atoms with E-state index in [1.165, 1.54) is 6.07 Å². The van der Waals surface area contributed by atoms with Crippen molar-refractivity contribution >= 4 is 11.8 Å². The second-order valence-electron chi connectivity index (χ2n) is 3.20. The van der Waals surface area contributed by atoms with Gasteiger partial charge in [-0.15, -0.1) is 0 Å². The van der Waals surface area contributed by atoms with Gasteiger partial charge in [-0.1, -0.05) is 13.8 Å². The number of hydrogen-bond donors (Lipinski definition) is 2. The molecule has 0 bridgehead atoms. The molecular formula is C8H13N3O2. The summed E-state index contributed by atoms with van der Waals surface area (Å²) in [6.45, 7) is 4.33. The van der Waals surface area contributed by atoms with Crippen molar-refractivity contribution in [3.05, 3.63) is 11.8 Å². The zero-order valence-electron chi connectivity index (χ0n) is 7.70. The van der Waals surface area contributed by atoms with E-state index in [1.807, 2.05) is 13.8 Å². The molecular weight excluding hydrogens is 170 g/mol. The Labute approximate surface area is 76.3 Å². The van der Waals surface area contributed by atoms with Crippen molar-refractivity contribution in [2.75, 3.05) is 12.3 Å². The molecule has 1 heterocycles. The number of H-pyrrole nitrogens is 1. The smallest absolute Gasteiger partial charge is 0.356 e. The predicted molar refractivity (Wildman–Crippen MR) is 48.1 cm³/mol. The van der Waals surface area contributed by atoms with Gasteiger partial charge in [0.2, 0.25) is 0 Å². The number of aromatic amines is 1. The largest absolute Gasteiger partial charge is 0.461 e. The van der Waals surface area contributed by atoms with Gasteiger partial charge in [0.1, 0.15) is 11.5 Å². The summed E-state index contributed by atoms with van der Waals surface area (Å²) in [5.41, 5.74) is 5.61. The number of aromatic nitrogens is 2. The van der Waals surface area contributed by atoms with Crippen molar-refractivity contribution in [3.63, 3.8) is 0 Å². The van der Waals surface area contributed by atoms with Crippen molar-refractivity contribution < 1.29 is 9.53 Å². The summed E-state index contributed by atoms with van der Waals surface area (Å²) in [5.74, 6) is 0.193. The lowest BCUT2D eigenvalue weighted by Gasteiger charge is -2.04. The first kappa shape index (κ1) is 9.57. The fourth-order valence-electron chi connectivity index (χ4n) is 0.762. The maximum atomic E-state index is 11.2. The molecule has 0 aliphatic rings. The lowest BCUT2D eigenvalue weighted by Crippen LogP contribution is -2.10. The van der Waals surface area contributed by atoms with Crippen molar-refractivity contribution in [3.8, 4) is 0 Å². The van der Waals surface area contributed by atoms with E-state index < -0.39 is 5.97 Å². The monoisotopic (exact) mass is 183 g/mol. The lowest BCUT2D eigenvalue weighted by atomic mass is 10.2. The van der Waals surface area contributed by atoms with Gasteiger partial charge in [0.25, 0.3) is 0 Å². The molecule has 13 heavy (non-hydrogen) atoms. The minimum atomic E-state index is -0.419. The number of hydrogen-bond acceptors (Lipinski definition) is 4. The zero-order valence-corrected chi connectivity index (χ0v) is 7.70. The highest BCUT2D eigenvalue weighted by Gasteiger charge is 2.10. The molecule has 0 radical (unpaired) electrons. The summed E-state index contributed by atoms with van der Waals surface area (Å²) >= 11 is 0. The number of anilines is 1. The van der Waals surface area contributed by atoms with Crippen LogP contribution in [0.4, 0.5) is 5.82 Å². The Morgan fingerprint density at radius 2 is 2.46 bits per heavy atom. The Balaban J connectivity index is 2.49. The van der Waals surface area contributed by atoms with E-state index in [4.69, 9.17) is 10.5 Å². The van der Waals surface area contributed by atoms with E-state index in [1.54, 1.807) is 0 Å². The van der Waals surface area contributed by atoms with Crippen molar-refractivity contribution in [2.45, 2.75) is 13.8 Å². The molecule has 0 saturated carbocycles. The highest BCUT2D eigenvalue weighted by atomic mass is 16.5. The molecule has 5 nitrogen and oxygen atoms in total. The Kier molecular flexibility index (Phi) is 2.89. The average Bonchev–Trinajstić information content (AvgIpc) is 2.47. The minimum absolute atomic E-state index is 0.288. The molecule has 0 amide bonds. The molecule has 0 aliphatic heterocycles. The van der Waals surface area contributed by atoms with Crippen molar-refractivity contribution in [1.29, 1.82) is 0 Å². The van der Waals surface area contributed by atoms with Crippen LogP contribution in [0.3, 0.4) is 0 Å². The van der Waals surface area contributed by atoms with Gasteiger partial charge in [0.15, 0.2) is 0 Å². The molecule has 0 atom stereocenters. The number of nitrogens with zero attached hydrogens (tertiary/aromatic N) is 1. The van der Waals surface area contributed by atoms with E-state index in [0.29, 0.717) is 12.5 Å². The van der Waals surface area contributed by atoms with Crippen LogP contribution in [0.15, 0.2) is 6.07 Å². The van der Waals surface area contributed by atoms with Gasteiger partial charge in [-0.2, -0.15) is 5.10 Å². The summed E-state index contributed by atoms with van der Waals surface area (Å²) in [6.07, 6.45) is 0. The van der Waals surface area contributed by atoms with Gasteiger partial charge in [0, 0.05) is 6.07 Å². The summed E-state index contributed by atoms with van der Waals surface area (Å²) in [4.78, 5) is 11.2. The molecule has 0 spiro atoms. The highest BCUT2D eigenvalue weighted by Crippen LogP contribution is 2.03. The lowest BCUT2D eigenvalue weighted by molar-refractivity contribution is 0.0452. The Morgan fingerprint density at radius 3 is 2.92 bits per heavy atom. The minimum Gasteiger partial charge on any atom is -0.461 e. The van der Waals surface area contributed by atoms with E-state index in [0.717, 1.165) is 0 Å². The summed E-state index contributed by atoms with van der Waals surface area (Å²) in [6, 6.07) is 1.45. The SMILES string of the molecule is CC(C)COC(=O)c1cc(N)n[nH]1. The number of nitrogens with two attached hydrogens (primary N) is 1. The number of ether oxygens (including phenoxy) is 1. The second kappa shape index (κ2) is 3.93. The normalized spacial score (nSPS) is 10.4. The average molecular weight is 183 g/mol. The van der Waals surface area contributed by atoms with Gasteiger partial charge in [0.05, 0.1) is 6.61 Å². The summed E-state index contributed by atoms with van der Waals surface area (Å²) < 4.78 is 4.94. The fourth-order valence-corrected chi connectivity index (χ4v) is 0.762. The number of esters is 1. The maximum Gasteiger partial charge on any atom is 0.356 e. The van der Waals surface area contributed by atoms with Gasteiger partial charge in [-0.3, -0.25) is 5.10 Å². The van der Waals surface area contributed by atoms with Crippen LogP contribution in [-0.4, -0.2) is 22.8 Å². The number of nitrogen functional groups attached to an aromatic ring is 1. The van der Waals surface area contributed by atoms with Gasteiger partial charge in [-0.05, 0) is 5.92 Å². The topological polar surface area (TPSA) is 81.0 Å². The van der Waals surface area contributed by atoms with E-state index in [2.05, 4.69) is 10.2 Å². The van der Waals surface area contributed by atoms with Gasteiger partial charge in [-0.25, -0.2) is 4.79 Å². The van der Waals surface area contributed by atoms with Crippen molar-refractivity contribution in [1.82, 2.24) is 10.2 Å². The standard InChI is InChI=1S/C8H13N3O2/c1-5(2)4-13-8(12)6-3-7(9)11-10-6/h3,5H,4H2,1-2H3,(H3,9,10,11). The zero-order chi connectivity index (χ0) is 9.84. The molecule has 1 rings (SSSR count). The molecule has 0 fully saturated rings. The highest BCUT2D eigenvalue weighted by molar-refractivity contribution is 5.87. The fraction of sp³-hybridized carbons (Fsp3) is 0.500. The van der Waals surface area contributed by atoms with Crippen LogP contribution in [-0.2, 0) is 4.74 Å². The van der Waals surface area contributed by atoms with E-state index in [-0.39, 0.29) is 11.5 Å². The van der Waals surface area contributed by atoms with Gasteiger partial charge >= 0.3 is 5.97 Å². The first-order valence-electron chi connectivity index (χ1n) is 4.07. The van der Waals surface area contributed by atoms with Crippen LogP contribution in [0.2, 0.25) is 0 Å². The van der Waals surface area contributed by atoms with Crippen LogP contribution in [0.25, 0.3) is 0 Å². The number of carbonyl (C=O) groups excluding carboxylic acids is 1. The second-order valence-corrected chi connectivity index (χ2v) is 3.20. The maximum absolute atomic E-state index is 11.2. The van der Waals surface area contributed by atoms with Crippen LogP contribution in [0.5, 0.6) is 0 Å². The van der Waals surface area contributed by atoms with Gasteiger partial charge < -0.3 is 10.5 Å². The molecule has 0 saturated heterocycles. The van der Waals surface area contributed by atoms with Crippen LogP contribution < -0.4 is 5.73 Å². The summed E-state index contributed by atoms with van der Waals surface area (Å²) in [5, 5.41) is 6.10. The first-order valence-corrected chi connectivity index (χ1v) is 4.07. The Bertz CT molecular complexity index is 293. The molecule has 1 aromatic rings. The van der Waals surface area contributed by atoms with E-state index >= 15 is 0 Å². The molecule has 3 N–H and O–H groups in total. The van der Waals surface area contributed by atoms with Crippen LogP contribution in [0, 0.1) is 5.92 Å².